The van der Waals surface area contributed by atoms with E-state index in [-0.39, 0.29) is 30.0 Å². The predicted molar refractivity (Wildman–Crippen MR) is 84.3 cm³/mol. The fourth-order valence-corrected chi connectivity index (χ4v) is 2.44. The van der Waals surface area contributed by atoms with Gasteiger partial charge in [0.25, 0.3) is 0 Å². The van der Waals surface area contributed by atoms with Gasteiger partial charge in [-0.15, -0.1) is 0 Å². The lowest BCUT2D eigenvalue weighted by Crippen LogP contribution is -2.39. The average molecular weight is 308 g/mol. The van der Waals surface area contributed by atoms with Gasteiger partial charge in [-0.1, -0.05) is 12.1 Å². The molecule has 3 atom stereocenters. The van der Waals surface area contributed by atoms with Gasteiger partial charge in [0.05, 0.1) is 0 Å². The Morgan fingerprint density at radius 3 is 2.77 bits per heavy atom. The first-order valence-corrected chi connectivity index (χ1v) is 7.73. The third-order valence-corrected chi connectivity index (χ3v) is 3.42. The zero-order chi connectivity index (χ0) is 16.3. The molecule has 1 aromatic carbocycles. The molecule has 1 aliphatic rings. The summed E-state index contributed by atoms with van der Waals surface area (Å²) in [6, 6.07) is 7.25. The van der Waals surface area contributed by atoms with Crippen LogP contribution in [0.15, 0.2) is 24.3 Å². The minimum Gasteiger partial charge on any atom is -0.444 e. The molecule has 1 amide bonds. The van der Waals surface area contributed by atoms with E-state index < -0.39 is 5.60 Å². The molecule has 0 aromatic heterocycles. The van der Waals surface area contributed by atoms with Crippen molar-refractivity contribution in [2.24, 2.45) is 0 Å². The summed E-state index contributed by atoms with van der Waals surface area (Å²) in [6.45, 7) is 7.59. The van der Waals surface area contributed by atoms with Gasteiger partial charge in [-0.2, -0.15) is 0 Å². The average Bonchev–Trinajstić information content (AvgIpc) is 3.03. The number of nitrogens with one attached hydrogen (secondary N) is 2. The maximum absolute atomic E-state index is 13.2. The van der Waals surface area contributed by atoms with Crippen LogP contribution in [0.2, 0.25) is 0 Å². The topological polar surface area (TPSA) is 50.4 Å². The molecule has 0 spiro atoms. The van der Waals surface area contributed by atoms with Crippen LogP contribution in [-0.4, -0.2) is 29.8 Å². The van der Waals surface area contributed by atoms with Crippen molar-refractivity contribution in [1.29, 1.82) is 0 Å². The standard InChI is InChI=1S/C17H25FN2O2/c1-11(8-12-6-5-7-13(18)9-12)19-14-10-15(14)20-16(21)22-17(2,3)4/h5-7,9,11,14-15,19H,8,10H2,1-4H3,(H,20,21). The quantitative estimate of drug-likeness (QED) is 0.879. The Morgan fingerprint density at radius 2 is 2.14 bits per heavy atom. The molecule has 122 valence electrons. The lowest BCUT2D eigenvalue weighted by molar-refractivity contribution is 0.0522. The van der Waals surface area contributed by atoms with Crippen molar-refractivity contribution in [1.82, 2.24) is 10.6 Å². The van der Waals surface area contributed by atoms with E-state index in [0.29, 0.717) is 0 Å². The minimum atomic E-state index is -0.480. The second-order valence-electron chi connectivity index (χ2n) is 7.00. The van der Waals surface area contributed by atoms with Crippen LogP contribution in [0.5, 0.6) is 0 Å². The largest absolute Gasteiger partial charge is 0.444 e. The molecular formula is C17H25FN2O2. The first-order chi connectivity index (χ1) is 10.2. The smallest absolute Gasteiger partial charge is 0.407 e. The van der Waals surface area contributed by atoms with Gasteiger partial charge in [0, 0.05) is 18.1 Å². The molecule has 2 N–H and O–H groups in total. The fraction of sp³-hybridized carbons (Fsp3) is 0.588. The van der Waals surface area contributed by atoms with Crippen molar-refractivity contribution in [3.63, 3.8) is 0 Å². The van der Waals surface area contributed by atoms with Crippen LogP contribution >= 0.6 is 0 Å². The Balaban J connectivity index is 1.71. The molecule has 0 aliphatic heterocycles. The van der Waals surface area contributed by atoms with E-state index in [1.165, 1.54) is 6.07 Å². The van der Waals surface area contributed by atoms with Crippen molar-refractivity contribution in [3.05, 3.63) is 35.6 Å². The number of hydrogen-bond donors (Lipinski definition) is 2. The number of amides is 1. The lowest BCUT2D eigenvalue weighted by atomic mass is 10.1. The van der Waals surface area contributed by atoms with Gasteiger partial charge in [-0.25, -0.2) is 9.18 Å². The summed E-state index contributed by atoms with van der Waals surface area (Å²) in [5.41, 5.74) is 0.490. The molecule has 0 saturated heterocycles. The van der Waals surface area contributed by atoms with Crippen LogP contribution in [0, 0.1) is 5.82 Å². The number of carbonyl (C=O) groups is 1. The molecule has 22 heavy (non-hydrogen) atoms. The van der Waals surface area contributed by atoms with Gasteiger partial charge in [0.1, 0.15) is 11.4 Å². The predicted octanol–water partition coefficient (Wildman–Crippen LogP) is 3.01. The van der Waals surface area contributed by atoms with Crippen molar-refractivity contribution in [3.8, 4) is 0 Å². The first kappa shape index (κ1) is 16.7. The summed E-state index contributed by atoms with van der Waals surface area (Å²) in [7, 11) is 0. The van der Waals surface area contributed by atoms with E-state index >= 15 is 0 Å². The number of benzene rings is 1. The van der Waals surface area contributed by atoms with E-state index in [2.05, 4.69) is 17.6 Å². The van der Waals surface area contributed by atoms with Crippen molar-refractivity contribution in [2.75, 3.05) is 0 Å². The molecule has 5 heteroatoms. The second-order valence-corrected chi connectivity index (χ2v) is 7.00. The summed E-state index contributed by atoms with van der Waals surface area (Å²) in [5, 5.41) is 6.30. The van der Waals surface area contributed by atoms with E-state index in [1.54, 1.807) is 12.1 Å². The summed E-state index contributed by atoms with van der Waals surface area (Å²) in [5.74, 6) is -0.208. The Labute approximate surface area is 131 Å². The minimum absolute atomic E-state index is 0.116. The summed E-state index contributed by atoms with van der Waals surface area (Å²) < 4.78 is 18.4. The maximum Gasteiger partial charge on any atom is 0.407 e. The van der Waals surface area contributed by atoms with Crippen molar-refractivity contribution in [2.45, 2.75) is 64.3 Å². The van der Waals surface area contributed by atoms with Crippen LogP contribution in [0.25, 0.3) is 0 Å². The third-order valence-electron chi connectivity index (χ3n) is 3.42. The Kier molecular flexibility index (Phi) is 5.06. The van der Waals surface area contributed by atoms with Gasteiger partial charge in [0.2, 0.25) is 0 Å². The molecule has 2 rings (SSSR count). The molecule has 4 nitrogen and oxygen atoms in total. The van der Waals surface area contributed by atoms with Crippen molar-refractivity contribution >= 4 is 6.09 Å². The zero-order valence-electron chi connectivity index (χ0n) is 13.7. The number of hydrogen-bond acceptors (Lipinski definition) is 3. The summed E-state index contributed by atoms with van der Waals surface area (Å²) in [6.07, 6.45) is 1.28. The Bertz CT molecular complexity index is 528. The van der Waals surface area contributed by atoms with Crippen LogP contribution in [0.4, 0.5) is 9.18 Å². The van der Waals surface area contributed by atoms with Crippen LogP contribution in [-0.2, 0) is 11.2 Å². The zero-order valence-corrected chi connectivity index (χ0v) is 13.7. The molecule has 0 bridgehead atoms. The van der Waals surface area contributed by atoms with Crippen molar-refractivity contribution < 1.29 is 13.9 Å². The van der Waals surface area contributed by atoms with Gasteiger partial charge in [-0.05, 0) is 58.2 Å². The van der Waals surface area contributed by atoms with Gasteiger partial charge in [-0.3, -0.25) is 0 Å². The molecule has 1 saturated carbocycles. The number of ether oxygens (including phenoxy) is 1. The van der Waals surface area contributed by atoms with Crippen LogP contribution < -0.4 is 10.6 Å². The Hall–Kier alpha value is -1.62. The molecular weight excluding hydrogens is 283 g/mol. The Morgan fingerprint density at radius 1 is 1.41 bits per heavy atom. The third kappa shape index (κ3) is 5.64. The van der Waals surface area contributed by atoms with E-state index in [1.807, 2.05) is 26.8 Å². The molecule has 0 heterocycles. The molecule has 3 unspecified atom stereocenters. The first-order valence-electron chi connectivity index (χ1n) is 7.73. The summed E-state index contributed by atoms with van der Waals surface area (Å²) >= 11 is 0. The summed E-state index contributed by atoms with van der Waals surface area (Å²) in [4.78, 5) is 11.7. The highest BCUT2D eigenvalue weighted by atomic mass is 19.1. The highest BCUT2D eigenvalue weighted by molar-refractivity contribution is 5.68. The number of rotatable bonds is 5. The highest BCUT2D eigenvalue weighted by Gasteiger charge is 2.39. The van der Waals surface area contributed by atoms with Gasteiger partial charge >= 0.3 is 6.09 Å². The number of halogens is 1. The van der Waals surface area contributed by atoms with E-state index in [9.17, 15) is 9.18 Å². The maximum atomic E-state index is 13.2. The fourth-order valence-electron chi connectivity index (χ4n) is 2.44. The van der Waals surface area contributed by atoms with Crippen LogP contribution in [0.3, 0.4) is 0 Å². The monoisotopic (exact) mass is 308 g/mol. The normalized spacial score (nSPS) is 22.0. The SMILES string of the molecule is CC(Cc1cccc(F)c1)NC1CC1NC(=O)OC(C)(C)C. The van der Waals surface area contributed by atoms with E-state index in [4.69, 9.17) is 4.74 Å². The highest BCUT2D eigenvalue weighted by Crippen LogP contribution is 2.23. The van der Waals surface area contributed by atoms with Gasteiger partial charge < -0.3 is 15.4 Å². The molecule has 1 aliphatic carbocycles. The van der Waals surface area contributed by atoms with Gasteiger partial charge in [0.15, 0.2) is 0 Å². The second kappa shape index (κ2) is 6.65. The van der Waals surface area contributed by atoms with E-state index in [0.717, 1.165) is 18.4 Å². The molecule has 1 fully saturated rings. The number of carbonyl (C=O) groups excluding carboxylic acids is 1. The molecule has 1 aromatic rings. The molecule has 0 radical (unpaired) electrons. The number of alkyl carbamates (subject to hydrolysis) is 1. The lowest BCUT2D eigenvalue weighted by Gasteiger charge is -2.20. The van der Waals surface area contributed by atoms with Crippen LogP contribution in [0.1, 0.15) is 39.7 Å².